The zero-order chi connectivity index (χ0) is 24.9. The molecule has 0 radical (unpaired) electrons. The first-order valence-electron chi connectivity index (χ1n) is 14.2. The molecule has 10 atom stereocenters. The van der Waals surface area contributed by atoms with Crippen LogP contribution in [0.2, 0.25) is 0 Å². The molecule has 1 saturated heterocycles. The molecule has 0 aromatic carbocycles. The number of aliphatic hydroxyl groups excluding tert-OH is 1. The average Bonchev–Trinajstić information content (AvgIpc) is 3.33. The van der Waals surface area contributed by atoms with E-state index >= 15 is 0 Å². The summed E-state index contributed by atoms with van der Waals surface area (Å²) in [5, 5.41) is 21.0. The van der Waals surface area contributed by atoms with Gasteiger partial charge in [0.25, 0.3) is 0 Å². The van der Waals surface area contributed by atoms with E-state index in [1.807, 2.05) is 13.8 Å². The Balaban J connectivity index is 1.45. The zero-order valence-electron chi connectivity index (χ0n) is 22.9. The van der Waals surface area contributed by atoms with Crippen LogP contribution in [0.15, 0.2) is 0 Å². The minimum absolute atomic E-state index is 0.00441. The molecule has 34 heavy (non-hydrogen) atoms. The van der Waals surface area contributed by atoms with Crippen LogP contribution in [0, 0.1) is 45.3 Å². The van der Waals surface area contributed by atoms with Crippen LogP contribution in [0.4, 0.5) is 0 Å². The first-order chi connectivity index (χ1) is 15.7. The molecule has 1 heterocycles. The first kappa shape index (κ1) is 25.2. The summed E-state index contributed by atoms with van der Waals surface area (Å²) in [4.78, 5) is 13.0. The van der Waals surface area contributed by atoms with E-state index in [-0.39, 0.29) is 40.3 Å². The number of carbonyl (C=O) groups is 1. The predicted molar refractivity (Wildman–Crippen MR) is 134 cm³/mol. The molecular formula is C30H50O4. The van der Waals surface area contributed by atoms with Crippen LogP contribution in [-0.2, 0) is 9.53 Å². The highest BCUT2D eigenvalue weighted by Gasteiger charge is 2.70. The number of aliphatic hydroxyl groups is 2. The molecule has 0 aromatic heterocycles. The number of ketones is 1. The monoisotopic (exact) mass is 474 g/mol. The summed E-state index contributed by atoms with van der Waals surface area (Å²) in [6, 6.07) is 0. The van der Waals surface area contributed by atoms with Gasteiger partial charge in [-0.1, -0.05) is 27.7 Å². The molecular weight excluding hydrogens is 424 g/mol. The molecule has 4 saturated carbocycles. The zero-order valence-corrected chi connectivity index (χ0v) is 22.9. The van der Waals surface area contributed by atoms with Crippen LogP contribution in [0.3, 0.4) is 0 Å². The summed E-state index contributed by atoms with van der Waals surface area (Å²) >= 11 is 0. The Bertz CT molecular complexity index is 847. The standard InChI is InChI=1S/C30H50O4/c1-25(2,33)24-13-17-30(7,34-24)20-10-15-28(5)19(20)8-9-22-26(3)14-12-23(32)27(4,18-31)21(26)11-16-29(22,28)6/h19-22,24,31,33H,8-18H2,1-7H3/t19-,20+,21-,22-,24-,26+,27+,28-,29-,30+/m1/s1. The van der Waals surface area contributed by atoms with Crippen molar-refractivity contribution in [2.45, 2.75) is 130 Å². The van der Waals surface area contributed by atoms with Gasteiger partial charge in [-0.3, -0.25) is 4.79 Å². The second kappa shape index (κ2) is 7.54. The van der Waals surface area contributed by atoms with Gasteiger partial charge in [0.05, 0.1) is 29.3 Å². The highest BCUT2D eigenvalue weighted by Crippen LogP contribution is 2.75. The number of fused-ring (bicyclic) bond motifs is 5. The normalized spacial score (nSPS) is 55.6. The van der Waals surface area contributed by atoms with Gasteiger partial charge >= 0.3 is 0 Å². The molecule has 0 amide bonds. The SMILES string of the molecule is CC(C)(O)[C@H]1CC[C@@](C)([C@H]2CC[C@]3(C)[C@@H]2CC[C@@H]2[C@@]4(C)CCC(=O)[C@@](C)(CO)[C@@H]4CC[C@]23C)O1. The van der Waals surface area contributed by atoms with Gasteiger partial charge < -0.3 is 14.9 Å². The van der Waals surface area contributed by atoms with Crippen LogP contribution in [0.1, 0.15) is 113 Å². The molecule has 4 aliphatic carbocycles. The van der Waals surface area contributed by atoms with Crippen molar-refractivity contribution in [3.8, 4) is 0 Å². The Hall–Kier alpha value is -0.450. The van der Waals surface area contributed by atoms with Crippen molar-refractivity contribution in [2.75, 3.05) is 6.61 Å². The molecule has 5 rings (SSSR count). The highest BCUT2D eigenvalue weighted by atomic mass is 16.5. The maximum absolute atomic E-state index is 13.0. The highest BCUT2D eigenvalue weighted by molar-refractivity contribution is 5.86. The molecule has 0 spiro atoms. The van der Waals surface area contributed by atoms with Gasteiger partial charge in [0.2, 0.25) is 0 Å². The lowest BCUT2D eigenvalue weighted by atomic mass is 9.35. The van der Waals surface area contributed by atoms with Crippen LogP contribution < -0.4 is 0 Å². The summed E-state index contributed by atoms with van der Waals surface area (Å²) < 4.78 is 6.70. The molecule has 0 unspecified atom stereocenters. The van der Waals surface area contributed by atoms with Crippen molar-refractivity contribution in [1.29, 1.82) is 0 Å². The van der Waals surface area contributed by atoms with Gasteiger partial charge in [-0.2, -0.15) is 0 Å². The van der Waals surface area contributed by atoms with Crippen molar-refractivity contribution in [3.05, 3.63) is 0 Å². The fourth-order valence-electron chi connectivity index (χ4n) is 10.9. The predicted octanol–water partition coefficient (Wildman–Crippen LogP) is 5.92. The topological polar surface area (TPSA) is 66.8 Å². The van der Waals surface area contributed by atoms with Gasteiger partial charge in [0, 0.05) is 6.42 Å². The molecule has 1 aliphatic heterocycles. The second-order valence-electron chi connectivity index (χ2n) is 14.9. The number of ether oxygens (including phenoxy) is 1. The third kappa shape index (κ3) is 3.09. The van der Waals surface area contributed by atoms with Crippen molar-refractivity contribution in [2.24, 2.45) is 45.3 Å². The van der Waals surface area contributed by atoms with E-state index in [0.29, 0.717) is 30.1 Å². The Morgan fingerprint density at radius 3 is 2.15 bits per heavy atom. The van der Waals surface area contributed by atoms with Crippen molar-refractivity contribution >= 4 is 5.78 Å². The van der Waals surface area contributed by atoms with Crippen LogP contribution in [0.25, 0.3) is 0 Å². The van der Waals surface area contributed by atoms with Crippen molar-refractivity contribution < 1.29 is 19.7 Å². The lowest BCUT2D eigenvalue weighted by molar-refractivity contribution is -0.215. The van der Waals surface area contributed by atoms with E-state index in [2.05, 4.69) is 34.6 Å². The van der Waals surface area contributed by atoms with Crippen LogP contribution in [0.5, 0.6) is 0 Å². The lowest BCUT2D eigenvalue weighted by Crippen LogP contribution is -2.64. The summed E-state index contributed by atoms with van der Waals surface area (Å²) in [6.07, 6.45) is 10.8. The lowest BCUT2D eigenvalue weighted by Gasteiger charge is -2.69. The van der Waals surface area contributed by atoms with Crippen LogP contribution >= 0.6 is 0 Å². The van der Waals surface area contributed by atoms with Gasteiger partial charge in [0.1, 0.15) is 5.78 Å². The Labute approximate surface area is 207 Å². The number of Topliss-reactive ketones (excluding diaryl/α,β-unsaturated/α-hetero) is 1. The summed E-state index contributed by atoms with van der Waals surface area (Å²) in [6.45, 7) is 15.8. The Morgan fingerprint density at radius 1 is 0.853 bits per heavy atom. The molecule has 4 nitrogen and oxygen atoms in total. The third-order valence-electron chi connectivity index (χ3n) is 13.2. The first-order valence-corrected chi connectivity index (χ1v) is 14.2. The summed E-state index contributed by atoms with van der Waals surface area (Å²) in [7, 11) is 0. The van der Waals surface area contributed by atoms with Gasteiger partial charge in [0.15, 0.2) is 0 Å². The van der Waals surface area contributed by atoms with E-state index in [0.717, 1.165) is 25.7 Å². The largest absolute Gasteiger partial charge is 0.395 e. The van der Waals surface area contributed by atoms with Crippen molar-refractivity contribution in [3.63, 3.8) is 0 Å². The van der Waals surface area contributed by atoms with Gasteiger partial charge in [-0.25, -0.2) is 0 Å². The number of rotatable bonds is 3. The van der Waals surface area contributed by atoms with Gasteiger partial charge in [-0.15, -0.1) is 0 Å². The fraction of sp³-hybridized carbons (Fsp3) is 0.967. The smallest absolute Gasteiger partial charge is 0.141 e. The van der Waals surface area contributed by atoms with Gasteiger partial charge in [-0.05, 0) is 118 Å². The minimum Gasteiger partial charge on any atom is -0.395 e. The van der Waals surface area contributed by atoms with E-state index in [9.17, 15) is 15.0 Å². The number of hydrogen-bond acceptors (Lipinski definition) is 4. The maximum atomic E-state index is 13.0. The summed E-state index contributed by atoms with van der Waals surface area (Å²) in [5.41, 5.74) is -0.813. The number of carbonyl (C=O) groups excluding carboxylic acids is 1. The maximum Gasteiger partial charge on any atom is 0.141 e. The van der Waals surface area contributed by atoms with E-state index in [1.165, 1.54) is 32.1 Å². The van der Waals surface area contributed by atoms with E-state index < -0.39 is 11.0 Å². The number of hydrogen-bond donors (Lipinski definition) is 2. The molecule has 5 aliphatic rings. The van der Waals surface area contributed by atoms with Crippen LogP contribution in [-0.4, -0.2) is 39.9 Å². The molecule has 0 aromatic rings. The quantitative estimate of drug-likeness (QED) is 0.533. The summed E-state index contributed by atoms with van der Waals surface area (Å²) in [5.74, 6) is 2.41. The van der Waals surface area contributed by atoms with E-state index in [1.54, 1.807) is 0 Å². The second-order valence-corrected chi connectivity index (χ2v) is 14.9. The molecule has 4 heteroatoms. The average molecular weight is 475 g/mol. The molecule has 2 N–H and O–H groups in total. The fourth-order valence-corrected chi connectivity index (χ4v) is 10.9. The van der Waals surface area contributed by atoms with Crippen molar-refractivity contribution in [1.82, 2.24) is 0 Å². The Kier molecular flexibility index (Phi) is 5.59. The molecule has 0 bridgehead atoms. The van der Waals surface area contributed by atoms with E-state index in [4.69, 9.17) is 4.74 Å². The molecule has 194 valence electrons. The minimum atomic E-state index is -0.784. The Morgan fingerprint density at radius 2 is 1.53 bits per heavy atom. The molecule has 5 fully saturated rings. The third-order valence-corrected chi connectivity index (χ3v) is 13.2.